The maximum absolute atomic E-state index is 4.60. The number of rotatable bonds is 1. The van der Waals surface area contributed by atoms with Gasteiger partial charge >= 0.3 is 0 Å². The van der Waals surface area contributed by atoms with Crippen LogP contribution in [0.2, 0.25) is 0 Å². The summed E-state index contributed by atoms with van der Waals surface area (Å²) in [6, 6.07) is 0.536. The van der Waals surface area contributed by atoms with Gasteiger partial charge in [0.2, 0.25) is 0 Å². The molecule has 3 heterocycles. The Hall–Kier alpha value is -1.00. The van der Waals surface area contributed by atoms with Crippen LogP contribution in [0.3, 0.4) is 0 Å². The van der Waals surface area contributed by atoms with Gasteiger partial charge in [0.05, 0.1) is 11.4 Å². The van der Waals surface area contributed by atoms with Gasteiger partial charge in [-0.25, -0.2) is 9.97 Å². The minimum Gasteiger partial charge on any atom is -0.310 e. The van der Waals surface area contributed by atoms with Gasteiger partial charge in [-0.1, -0.05) is 0 Å². The normalized spacial score (nSPS) is 29.0. The second-order valence-electron chi connectivity index (χ2n) is 5.77. The lowest BCUT2D eigenvalue weighted by atomic mass is 9.89. The molecule has 4 nitrogen and oxygen atoms in total. The Balaban J connectivity index is 1.90. The maximum atomic E-state index is 4.60. The predicted molar refractivity (Wildman–Crippen MR) is 71.5 cm³/mol. The first-order chi connectivity index (χ1) is 8.74. The van der Waals surface area contributed by atoms with Gasteiger partial charge in [-0.2, -0.15) is 0 Å². The molecule has 98 valence electrons. The fourth-order valence-corrected chi connectivity index (χ4v) is 3.21. The van der Waals surface area contributed by atoms with Crippen LogP contribution >= 0.6 is 0 Å². The lowest BCUT2D eigenvalue weighted by Gasteiger charge is -2.32. The average Bonchev–Trinajstić information content (AvgIpc) is 2.37. The first-order valence-corrected chi connectivity index (χ1v) is 6.98. The number of likely N-dealkylation sites (N-methyl/N-ethyl adjacent to an activating group) is 1. The van der Waals surface area contributed by atoms with Crippen LogP contribution in [0.15, 0.2) is 6.33 Å². The number of nitrogens with one attached hydrogen (secondary N) is 1. The van der Waals surface area contributed by atoms with E-state index in [9.17, 15) is 0 Å². The Labute approximate surface area is 109 Å². The minimum absolute atomic E-state index is 0.536. The lowest BCUT2D eigenvalue weighted by Crippen LogP contribution is -2.36. The Morgan fingerprint density at radius 1 is 1.39 bits per heavy atom. The van der Waals surface area contributed by atoms with Crippen LogP contribution in [0.25, 0.3) is 0 Å². The van der Waals surface area contributed by atoms with E-state index in [2.05, 4.69) is 34.2 Å². The number of fused-ring (bicyclic) bond motifs is 1. The summed E-state index contributed by atoms with van der Waals surface area (Å²) in [4.78, 5) is 11.5. The third kappa shape index (κ3) is 2.27. The predicted octanol–water partition coefficient (Wildman–Crippen LogP) is 1.32. The highest BCUT2D eigenvalue weighted by Crippen LogP contribution is 2.29. The summed E-state index contributed by atoms with van der Waals surface area (Å²) in [5.74, 6) is 0.593. The van der Waals surface area contributed by atoms with E-state index in [1.807, 2.05) is 0 Å². The molecule has 2 atom stereocenters. The molecule has 18 heavy (non-hydrogen) atoms. The molecule has 0 spiro atoms. The number of nitrogens with zero attached hydrogens (tertiary/aromatic N) is 3. The highest BCUT2D eigenvalue weighted by atomic mass is 15.1. The first kappa shape index (κ1) is 12.1. The Kier molecular flexibility index (Phi) is 3.31. The van der Waals surface area contributed by atoms with E-state index in [1.54, 1.807) is 6.33 Å². The third-order valence-electron chi connectivity index (χ3n) is 4.21. The number of aromatic nitrogens is 2. The van der Waals surface area contributed by atoms with Crippen molar-refractivity contribution in [1.29, 1.82) is 0 Å². The molecular formula is C14H22N4. The Morgan fingerprint density at radius 2 is 2.28 bits per heavy atom. The van der Waals surface area contributed by atoms with Crippen molar-refractivity contribution in [2.45, 2.75) is 44.7 Å². The van der Waals surface area contributed by atoms with Gasteiger partial charge in [-0.05, 0) is 33.4 Å². The van der Waals surface area contributed by atoms with E-state index < -0.39 is 0 Å². The van der Waals surface area contributed by atoms with E-state index >= 15 is 0 Å². The van der Waals surface area contributed by atoms with Gasteiger partial charge in [0.15, 0.2) is 0 Å². The number of hydrogen-bond donors (Lipinski definition) is 1. The quantitative estimate of drug-likeness (QED) is 0.811. The van der Waals surface area contributed by atoms with E-state index in [0.29, 0.717) is 12.0 Å². The van der Waals surface area contributed by atoms with Gasteiger partial charge in [-0.3, -0.25) is 0 Å². The largest absolute Gasteiger partial charge is 0.310 e. The van der Waals surface area contributed by atoms with Crippen LogP contribution < -0.4 is 5.32 Å². The van der Waals surface area contributed by atoms with E-state index in [0.717, 1.165) is 19.5 Å². The first-order valence-electron chi connectivity index (χ1n) is 6.98. The molecule has 0 amide bonds. The fourth-order valence-electron chi connectivity index (χ4n) is 3.21. The van der Waals surface area contributed by atoms with Crippen molar-refractivity contribution in [1.82, 2.24) is 20.2 Å². The minimum atomic E-state index is 0.536. The lowest BCUT2D eigenvalue weighted by molar-refractivity contribution is 0.247. The molecular weight excluding hydrogens is 224 g/mol. The molecule has 0 aliphatic carbocycles. The number of hydrogen-bond acceptors (Lipinski definition) is 4. The molecule has 0 radical (unpaired) electrons. The molecule has 4 heteroatoms. The Morgan fingerprint density at radius 3 is 3.11 bits per heavy atom. The second kappa shape index (κ2) is 4.94. The Bertz CT molecular complexity index is 432. The van der Waals surface area contributed by atoms with Crippen molar-refractivity contribution >= 4 is 0 Å². The summed E-state index contributed by atoms with van der Waals surface area (Å²) in [5.41, 5.74) is 3.93. The van der Waals surface area contributed by atoms with Crippen LogP contribution in [-0.4, -0.2) is 41.0 Å². The summed E-state index contributed by atoms with van der Waals surface area (Å²) in [6.45, 7) is 5.52. The standard InChI is InChI=1S/C14H22N4/c1-10-6-13-12(7-15-10)14(17-9-16-13)11-4-3-5-18(2)8-11/h9-11,15H,3-8H2,1-2H3/t10-,11?/m1/s1. The topological polar surface area (TPSA) is 41.1 Å². The second-order valence-corrected chi connectivity index (χ2v) is 5.77. The van der Waals surface area contributed by atoms with Crippen molar-refractivity contribution in [3.05, 3.63) is 23.3 Å². The maximum Gasteiger partial charge on any atom is 0.115 e. The van der Waals surface area contributed by atoms with Gasteiger partial charge in [-0.15, -0.1) is 0 Å². The van der Waals surface area contributed by atoms with E-state index in [-0.39, 0.29) is 0 Å². The average molecular weight is 246 g/mol. The van der Waals surface area contributed by atoms with Gasteiger partial charge < -0.3 is 10.2 Å². The zero-order valence-electron chi connectivity index (χ0n) is 11.3. The molecule has 2 aliphatic heterocycles. The molecule has 1 N–H and O–H groups in total. The van der Waals surface area contributed by atoms with Crippen molar-refractivity contribution in [2.75, 3.05) is 20.1 Å². The molecule has 1 fully saturated rings. The fraction of sp³-hybridized carbons (Fsp3) is 0.714. The van der Waals surface area contributed by atoms with Crippen molar-refractivity contribution in [3.63, 3.8) is 0 Å². The molecule has 1 aromatic heterocycles. The molecule has 3 rings (SSSR count). The van der Waals surface area contributed by atoms with Crippen molar-refractivity contribution < 1.29 is 0 Å². The van der Waals surface area contributed by atoms with Gasteiger partial charge in [0.25, 0.3) is 0 Å². The van der Waals surface area contributed by atoms with Crippen molar-refractivity contribution in [2.24, 2.45) is 0 Å². The summed E-state index contributed by atoms with van der Waals surface area (Å²) in [7, 11) is 2.21. The van der Waals surface area contributed by atoms with E-state index in [4.69, 9.17) is 0 Å². The molecule has 1 unspecified atom stereocenters. The smallest absolute Gasteiger partial charge is 0.115 e. The zero-order valence-corrected chi connectivity index (χ0v) is 11.3. The highest BCUT2D eigenvalue weighted by molar-refractivity contribution is 5.30. The summed E-state index contributed by atoms with van der Waals surface area (Å²) in [6.07, 6.45) is 5.35. The monoisotopic (exact) mass is 246 g/mol. The molecule has 1 saturated heterocycles. The van der Waals surface area contributed by atoms with Crippen molar-refractivity contribution in [3.8, 4) is 0 Å². The SMILES string of the molecule is C[C@@H]1Cc2ncnc(C3CCCN(C)C3)c2CN1. The van der Waals surface area contributed by atoms with Crippen LogP contribution in [-0.2, 0) is 13.0 Å². The summed E-state index contributed by atoms with van der Waals surface area (Å²) < 4.78 is 0. The molecule has 2 aliphatic rings. The molecule has 1 aromatic rings. The van der Waals surface area contributed by atoms with Crippen LogP contribution in [0, 0.1) is 0 Å². The number of likely N-dealkylation sites (tertiary alicyclic amines) is 1. The van der Waals surface area contributed by atoms with Crippen LogP contribution in [0.1, 0.15) is 42.6 Å². The molecule has 0 aromatic carbocycles. The molecule has 0 saturated carbocycles. The van der Waals surface area contributed by atoms with Crippen LogP contribution in [0.5, 0.6) is 0 Å². The van der Waals surface area contributed by atoms with Gasteiger partial charge in [0.1, 0.15) is 6.33 Å². The van der Waals surface area contributed by atoms with Crippen LogP contribution in [0.4, 0.5) is 0 Å². The zero-order chi connectivity index (χ0) is 12.5. The number of piperidine rings is 1. The summed E-state index contributed by atoms with van der Waals surface area (Å²) in [5, 5.41) is 3.54. The highest BCUT2D eigenvalue weighted by Gasteiger charge is 2.26. The van der Waals surface area contributed by atoms with Gasteiger partial charge in [0, 0.05) is 37.0 Å². The summed E-state index contributed by atoms with van der Waals surface area (Å²) >= 11 is 0. The third-order valence-corrected chi connectivity index (χ3v) is 4.21. The molecule has 0 bridgehead atoms. The van der Waals surface area contributed by atoms with E-state index in [1.165, 1.54) is 36.3 Å².